The highest BCUT2D eigenvalue weighted by atomic mass is 16.1. The van der Waals surface area contributed by atoms with Gasteiger partial charge in [-0.1, -0.05) is 25.1 Å². The third-order valence-electron chi connectivity index (χ3n) is 1.91. The van der Waals surface area contributed by atoms with Crippen LogP contribution < -0.4 is 0 Å². The molecule has 2 nitrogen and oxygen atoms in total. The van der Waals surface area contributed by atoms with E-state index in [2.05, 4.69) is 6.07 Å². The molecule has 0 saturated heterocycles. The first-order chi connectivity index (χ1) is 6.27. The van der Waals surface area contributed by atoms with Crippen LogP contribution in [0.25, 0.3) is 0 Å². The molecule has 1 aromatic carbocycles. The fraction of sp³-hybridized carbons (Fsp3) is 0.273. The molecule has 13 heavy (non-hydrogen) atoms. The number of benzene rings is 1. The number of hydrogen-bond acceptors (Lipinski definition) is 2. The van der Waals surface area contributed by atoms with Gasteiger partial charge in [-0.3, -0.25) is 0 Å². The number of carbonyl (C=O) groups excluding carboxylic acids is 1. The van der Waals surface area contributed by atoms with Crippen LogP contribution in [0.5, 0.6) is 0 Å². The van der Waals surface area contributed by atoms with Gasteiger partial charge in [0.25, 0.3) is 0 Å². The number of rotatable bonds is 3. The molecule has 0 aliphatic carbocycles. The zero-order valence-corrected chi connectivity index (χ0v) is 7.53. The highest BCUT2D eigenvalue weighted by Crippen LogP contribution is 2.11. The molecule has 0 amide bonds. The van der Waals surface area contributed by atoms with Crippen molar-refractivity contribution in [1.29, 1.82) is 5.26 Å². The van der Waals surface area contributed by atoms with Gasteiger partial charge in [-0.05, 0) is 18.1 Å². The Morgan fingerprint density at radius 2 is 2.23 bits per heavy atom. The van der Waals surface area contributed by atoms with Crippen molar-refractivity contribution in [2.75, 3.05) is 0 Å². The molecule has 0 aliphatic rings. The van der Waals surface area contributed by atoms with E-state index in [1.54, 1.807) is 6.07 Å². The predicted molar refractivity (Wildman–Crippen MR) is 50.1 cm³/mol. The van der Waals surface area contributed by atoms with Crippen molar-refractivity contribution < 1.29 is 4.79 Å². The number of nitrogens with zero attached hydrogens (tertiary/aromatic N) is 1. The highest BCUT2D eigenvalue weighted by molar-refractivity contribution is 5.54. The monoisotopic (exact) mass is 173 g/mol. The average molecular weight is 173 g/mol. The number of carbonyl (C=O) groups is 1. The van der Waals surface area contributed by atoms with Crippen LogP contribution in [0.3, 0.4) is 0 Å². The van der Waals surface area contributed by atoms with Crippen molar-refractivity contribution in [3.05, 3.63) is 35.4 Å². The van der Waals surface area contributed by atoms with Gasteiger partial charge in [0, 0.05) is 5.92 Å². The van der Waals surface area contributed by atoms with E-state index in [9.17, 15) is 4.79 Å². The number of hydrogen-bond donors (Lipinski definition) is 0. The highest BCUT2D eigenvalue weighted by Gasteiger charge is 2.05. The predicted octanol–water partition coefficient (Wildman–Crippen LogP) is 1.94. The molecule has 1 rings (SSSR count). The molecule has 0 bridgehead atoms. The molecule has 2 heteroatoms. The van der Waals surface area contributed by atoms with Crippen molar-refractivity contribution in [2.45, 2.75) is 13.3 Å². The quantitative estimate of drug-likeness (QED) is 0.655. The van der Waals surface area contributed by atoms with Gasteiger partial charge in [-0.25, -0.2) is 0 Å². The van der Waals surface area contributed by atoms with Gasteiger partial charge in [0.2, 0.25) is 0 Å². The second kappa shape index (κ2) is 4.42. The lowest BCUT2D eigenvalue weighted by molar-refractivity contribution is -0.110. The molecule has 0 heterocycles. The maximum absolute atomic E-state index is 10.4. The van der Waals surface area contributed by atoms with Gasteiger partial charge < -0.3 is 4.79 Å². The first kappa shape index (κ1) is 9.47. The second-order valence-electron chi connectivity index (χ2n) is 3.09. The van der Waals surface area contributed by atoms with Crippen LogP contribution in [0.2, 0.25) is 0 Å². The van der Waals surface area contributed by atoms with Crippen LogP contribution >= 0.6 is 0 Å². The minimum absolute atomic E-state index is 0.0190. The lowest BCUT2D eigenvalue weighted by Crippen LogP contribution is -2.02. The zero-order valence-electron chi connectivity index (χ0n) is 7.53. The van der Waals surface area contributed by atoms with E-state index < -0.39 is 0 Å². The topological polar surface area (TPSA) is 40.9 Å². The van der Waals surface area contributed by atoms with Gasteiger partial charge in [0.05, 0.1) is 11.6 Å². The summed E-state index contributed by atoms with van der Waals surface area (Å²) in [4.78, 5) is 10.4. The Morgan fingerprint density at radius 1 is 1.54 bits per heavy atom. The third kappa shape index (κ3) is 2.41. The normalized spacial score (nSPS) is 11.7. The van der Waals surface area contributed by atoms with Crippen molar-refractivity contribution in [3.63, 3.8) is 0 Å². The SMILES string of the molecule is CC(C=O)Cc1ccccc1C#N. The first-order valence-electron chi connectivity index (χ1n) is 4.21. The van der Waals surface area contributed by atoms with Crippen LogP contribution in [-0.4, -0.2) is 6.29 Å². The summed E-state index contributed by atoms with van der Waals surface area (Å²) >= 11 is 0. The molecule has 66 valence electrons. The molecule has 1 unspecified atom stereocenters. The third-order valence-corrected chi connectivity index (χ3v) is 1.91. The van der Waals surface area contributed by atoms with Crippen molar-refractivity contribution in [1.82, 2.24) is 0 Å². The Kier molecular flexibility index (Phi) is 3.22. The number of aldehydes is 1. The summed E-state index contributed by atoms with van der Waals surface area (Å²) in [5.41, 5.74) is 1.61. The molecule has 0 saturated carbocycles. The maximum atomic E-state index is 10.4. The molecule has 0 aromatic heterocycles. The molecule has 0 radical (unpaired) electrons. The van der Waals surface area contributed by atoms with E-state index >= 15 is 0 Å². The molecule has 1 aromatic rings. The van der Waals surface area contributed by atoms with Crippen LogP contribution in [0.1, 0.15) is 18.1 Å². The minimum Gasteiger partial charge on any atom is -0.303 e. The van der Waals surface area contributed by atoms with E-state index in [4.69, 9.17) is 5.26 Å². The summed E-state index contributed by atoms with van der Waals surface area (Å²) in [6.45, 7) is 1.85. The number of nitriles is 1. The molecular weight excluding hydrogens is 162 g/mol. The Labute approximate surface area is 77.8 Å². The lowest BCUT2D eigenvalue weighted by Gasteiger charge is -2.04. The van der Waals surface area contributed by atoms with Crippen molar-refractivity contribution in [2.24, 2.45) is 5.92 Å². The Morgan fingerprint density at radius 3 is 2.85 bits per heavy atom. The molecule has 1 atom stereocenters. The Balaban J connectivity index is 2.88. The van der Waals surface area contributed by atoms with Gasteiger partial charge in [0.15, 0.2) is 0 Å². The fourth-order valence-corrected chi connectivity index (χ4v) is 1.20. The average Bonchev–Trinajstić information content (AvgIpc) is 2.18. The lowest BCUT2D eigenvalue weighted by atomic mass is 9.98. The summed E-state index contributed by atoms with van der Waals surface area (Å²) in [6.07, 6.45) is 1.56. The Bertz CT molecular complexity index is 338. The van der Waals surface area contributed by atoms with Crippen LogP contribution in [0.4, 0.5) is 0 Å². The molecule has 0 N–H and O–H groups in total. The smallest absolute Gasteiger partial charge is 0.123 e. The van der Waals surface area contributed by atoms with E-state index in [1.165, 1.54) is 0 Å². The van der Waals surface area contributed by atoms with E-state index in [-0.39, 0.29) is 5.92 Å². The summed E-state index contributed by atoms with van der Waals surface area (Å²) in [7, 11) is 0. The van der Waals surface area contributed by atoms with E-state index in [0.29, 0.717) is 12.0 Å². The maximum Gasteiger partial charge on any atom is 0.123 e. The van der Waals surface area contributed by atoms with Gasteiger partial charge >= 0.3 is 0 Å². The van der Waals surface area contributed by atoms with Crippen LogP contribution in [0.15, 0.2) is 24.3 Å². The van der Waals surface area contributed by atoms with Gasteiger partial charge in [0.1, 0.15) is 6.29 Å². The largest absolute Gasteiger partial charge is 0.303 e. The second-order valence-corrected chi connectivity index (χ2v) is 3.09. The van der Waals surface area contributed by atoms with Gasteiger partial charge in [-0.15, -0.1) is 0 Å². The summed E-state index contributed by atoms with van der Waals surface area (Å²) in [5, 5.41) is 8.77. The first-order valence-corrected chi connectivity index (χ1v) is 4.21. The summed E-state index contributed by atoms with van der Waals surface area (Å²) in [6, 6.07) is 9.48. The zero-order chi connectivity index (χ0) is 9.68. The van der Waals surface area contributed by atoms with Crippen molar-refractivity contribution >= 4 is 6.29 Å². The minimum atomic E-state index is -0.0190. The van der Waals surface area contributed by atoms with Crippen LogP contribution in [0, 0.1) is 17.2 Å². The summed E-state index contributed by atoms with van der Waals surface area (Å²) in [5.74, 6) is -0.0190. The Hall–Kier alpha value is -1.62. The molecule has 0 aliphatic heterocycles. The summed E-state index contributed by atoms with van der Waals surface area (Å²) < 4.78 is 0. The van der Waals surface area contributed by atoms with Crippen molar-refractivity contribution in [3.8, 4) is 6.07 Å². The molecular formula is C11H11NO. The van der Waals surface area contributed by atoms with Crippen LogP contribution in [-0.2, 0) is 11.2 Å². The van der Waals surface area contributed by atoms with E-state index in [0.717, 1.165) is 11.8 Å². The van der Waals surface area contributed by atoms with E-state index in [1.807, 2.05) is 25.1 Å². The molecule has 0 fully saturated rings. The molecule has 0 spiro atoms. The fourth-order valence-electron chi connectivity index (χ4n) is 1.20. The standard InChI is InChI=1S/C11H11NO/c1-9(8-13)6-10-4-2-3-5-11(10)7-12/h2-5,8-9H,6H2,1H3. The van der Waals surface area contributed by atoms with Gasteiger partial charge in [-0.2, -0.15) is 5.26 Å².